The first-order chi connectivity index (χ1) is 10.6. The molecule has 2 N–H and O–H groups in total. The molecule has 5 nitrogen and oxygen atoms in total. The average Bonchev–Trinajstić information content (AvgIpc) is 3.00. The maximum Gasteiger partial charge on any atom is 0.187 e. The summed E-state index contributed by atoms with van der Waals surface area (Å²) in [5.74, 6) is 1.65. The van der Waals surface area contributed by atoms with Crippen LogP contribution in [0.25, 0.3) is 10.2 Å². The number of aryl methyl sites for hydroxylation is 2. The highest BCUT2D eigenvalue weighted by molar-refractivity contribution is 7.16. The summed E-state index contributed by atoms with van der Waals surface area (Å²) in [7, 11) is 0. The second-order valence-electron chi connectivity index (χ2n) is 5.24. The fourth-order valence-corrected chi connectivity index (χ4v) is 3.13. The minimum Gasteiger partial charge on any atom is -0.364 e. The van der Waals surface area contributed by atoms with Gasteiger partial charge in [-0.15, -0.1) is 11.3 Å². The van der Waals surface area contributed by atoms with Crippen molar-refractivity contribution < 1.29 is 0 Å². The second-order valence-corrected chi connectivity index (χ2v) is 6.13. The molecular weight excluding hydrogens is 296 g/mol. The van der Waals surface area contributed by atoms with Crippen LogP contribution in [-0.4, -0.2) is 15.0 Å². The Kier molecular flexibility index (Phi) is 3.94. The van der Waals surface area contributed by atoms with Crippen LogP contribution in [0.1, 0.15) is 29.6 Å². The number of nitrogens with one attached hydrogen (secondary N) is 2. The molecular formula is C16H18N4OS. The summed E-state index contributed by atoms with van der Waals surface area (Å²) < 4.78 is 0. The maximum atomic E-state index is 12.0. The van der Waals surface area contributed by atoms with Crippen LogP contribution in [0, 0.1) is 13.8 Å². The Morgan fingerprint density at radius 3 is 2.91 bits per heavy atom. The predicted molar refractivity (Wildman–Crippen MR) is 90.7 cm³/mol. The molecule has 0 aliphatic heterocycles. The molecule has 3 aromatic heterocycles. The van der Waals surface area contributed by atoms with Crippen LogP contribution < -0.4 is 10.7 Å². The summed E-state index contributed by atoms with van der Waals surface area (Å²) >= 11 is 1.61. The van der Waals surface area contributed by atoms with E-state index in [0.29, 0.717) is 6.54 Å². The van der Waals surface area contributed by atoms with Crippen molar-refractivity contribution in [2.24, 2.45) is 0 Å². The van der Waals surface area contributed by atoms with Crippen molar-refractivity contribution >= 4 is 27.4 Å². The summed E-state index contributed by atoms with van der Waals surface area (Å²) in [6.45, 7) is 6.24. The standard InChI is InChI=1S/C16H18N4OS/c1-4-13-19-15(11-5-6-22-16(11)20-13)18-8-12-10(3)14(21)9(2)7-17-12/h5-7H,4,8H2,1-3H3,(H,17,21)(H,18,19,20). The molecule has 114 valence electrons. The summed E-state index contributed by atoms with van der Waals surface area (Å²) in [5, 5.41) is 6.38. The van der Waals surface area contributed by atoms with Crippen LogP contribution >= 0.6 is 11.3 Å². The molecule has 0 amide bonds. The van der Waals surface area contributed by atoms with Crippen LogP contribution in [0.5, 0.6) is 0 Å². The molecule has 0 unspecified atom stereocenters. The topological polar surface area (TPSA) is 70.7 Å². The number of aromatic amines is 1. The number of hydrogen-bond acceptors (Lipinski definition) is 5. The number of thiophene rings is 1. The van der Waals surface area contributed by atoms with Crippen LogP contribution in [0.15, 0.2) is 22.4 Å². The summed E-state index contributed by atoms with van der Waals surface area (Å²) in [6, 6.07) is 2.02. The summed E-state index contributed by atoms with van der Waals surface area (Å²) in [6.07, 6.45) is 2.55. The van der Waals surface area contributed by atoms with Crippen molar-refractivity contribution in [2.45, 2.75) is 33.7 Å². The zero-order valence-electron chi connectivity index (χ0n) is 12.9. The third-order valence-electron chi connectivity index (χ3n) is 3.73. The number of H-pyrrole nitrogens is 1. The monoisotopic (exact) mass is 314 g/mol. The van der Waals surface area contributed by atoms with E-state index in [9.17, 15) is 4.79 Å². The third kappa shape index (κ3) is 2.62. The van der Waals surface area contributed by atoms with Gasteiger partial charge in [-0.25, -0.2) is 9.97 Å². The van der Waals surface area contributed by atoms with Crippen molar-refractivity contribution in [3.8, 4) is 0 Å². The van der Waals surface area contributed by atoms with Gasteiger partial charge >= 0.3 is 0 Å². The fraction of sp³-hybridized carbons (Fsp3) is 0.312. The molecule has 0 aliphatic carbocycles. The molecule has 0 spiro atoms. The molecule has 0 fully saturated rings. The van der Waals surface area contributed by atoms with Crippen molar-refractivity contribution in [2.75, 3.05) is 5.32 Å². The van der Waals surface area contributed by atoms with Gasteiger partial charge in [0.05, 0.1) is 11.9 Å². The number of anilines is 1. The molecule has 0 bridgehead atoms. The largest absolute Gasteiger partial charge is 0.364 e. The Balaban J connectivity index is 1.93. The summed E-state index contributed by atoms with van der Waals surface area (Å²) in [5.41, 5.74) is 2.46. The minimum absolute atomic E-state index is 0.0909. The molecule has 3 rings (SSSR count). The smallest absolute Gasteiger partial charge is 0.187 e. The highest BCUT2D eigenvalue weighted by atomic mass is 32.1. The molecule has 22 heavy (non-hydrogen) atoms. The van der Waals surface area contributed by atoms with Crippen LogP contribution in [0.4, 0.5) is 5.82 Å². The van der Waals surface area contributed by atoms with E-state index in [-0.39, 0.29) is 5.43 Å². The van der Waals surface area contributed by atoms with Crippen molar-refractivity contribution in [1.82, 2.24) is 15.0 Å². The number of aromatic nitrogens is 3. The lowest BCUT2D eigenvalue weighted by molar-refractivity contribution is 0.942. The normalized spacial score (nSPS) is 11.0. The van der Waals surface area contributed by atoms with Crippen LogP contribution in [0.2, 0.25) is 0 Å². The number of hydrogen-bond donors (Lipinski definition) is 2. The first-order valence-corrected chi connectivity index (χ1v) is 8.14. The van der Waals surface area contributed by atoms with Gasteiger partial charge in [0.25, 0.3) is 0 Å². The molecule has 0 radical (unpaired) electrons. The van der Waals surface area contributed by atoms with Crippen LogP contribution in [0.3, 0.4) is 0 Å². The van der Waals surface area contributed by atoms with Gasteiger partial charge in [-0.05, 0) is 25.3 Å². The third-order valence-corrected chi connectivity index (χ3v) is 4.54. The van der Waals surface area contributed by atoms with E-state index in [0.717, 1.165) is 45.1 Å². The highest BCUT2D eigenvalue weighted by Gasteiger charge is 2.10. The van der Waals surface area contributed by atoms with Gasteiger partial charge in [0.15, 0.2) is 5.43 Å². The SMILES string of the molecule is CCc1nc(NCc2[nH]cc(C)c(=O)c2C)c2ccsc2n1. The van der Waals surface area contributed by atoms with Crippen molar-refractivity contribution in [3.63, 3.8) is 0 Å². The first kappa shape index (κ1) is 14.7. The van der Waals surface area contributed by atoms with Gasteiger partial charge in [-0.2, -0.15) is 0 Å². The number of fused-ring (bicyclic) bond motifs is 1. The number of rotatable bonds is 4. The van der Waals surface area contributed by atoms with Gasteiger partial charge in [-0.3, -0.25) is 4.79 Å². The van der Waals surface area contributed by atoms with E-state index >= 15 is 0 Å². The Morgan fingerprint density at radius 2 is 2.14 bits per heavy atom. The zero-order chi connectivity index (χ0) is 15.7. The molecule has 0 saturated carbocycles. The lowest BCUT2D eigenvalue weighted by Gasteiger charge is -2.10. The van der Waals surface area contributed by atoms with Gasteiger partial charge in [0.1, 0.15) is 16.5 Å². The quantitative estimate of drug-likeness (QED) is 0.776. The second kappa shape index (κ2) is 5.88. The highest BCUT2D eigenvalue weighted by Crippen LogP contribution is 2.25. The number of nitrogens with zero attached hydrogens (tertiary/aromatic N) is 2. The van der Waals surface area contributed by atoms with E-state index in [4.69, 9.17) is 0 Å². The van der Waals surface area contributed by atoms with E-state index in [1.165, 1.54) is 0 Å². The molecule has 0 atom stereocenters. The van der Waals surface area contributed by atoms with Crippen molar-refractivity contribution in [3.05, 3.63) is 50.5 Å². The Bertz CT molecular complexity index is 881. The minimum atomic E-state index is 0.0909. The Hall–Kier alpha value is -2.21. The van der Waals surface area contributed by atoms with Gasteiger partial charge in [-0.1, -0.05) is 6.92 Å². The maximum absolute atomic E-state index is 12.0. The molecule has 0 saturated heterocycles. The molecule has 0 aliphatic rings. The molecule has 3 aromatic rings. The predicted octanol–water partition coefficient (Wildman–Crippen LogP) is 3.17. The van der Waals surface area contributed by atoms with E-state index in [2.05, 4.69) is 20.3 Å². The number of pyridine rings is 1. The van der Waals surface area contributed by atoms with Gasteiger partial charge < -0.3 is 10.3 Å². The van der Waals surface area contributed by atoms with E-state index < -0.39 is 0 Å². The van der Waals surface area contributed by atoms with Crippen molar-refractivity contribution in [1.29, 1.82) is 0 Å². The Morgan fingerprint density at radius 1 is 1.32 bits per heavy atom. The van der Waals surface area contributed by atoms with E-state index in [1.54, 1.807) is 17.5 Å². The first-order valence-electron chi connectivity index (χ1n) is 7.26. The Labute approximate surface area is 132 Å². The van der Waals surface area contributed by atoms with Crippen LogP contribution in [-0.2, 0) is 13.0 Å². The van der Waals surface area contributed by atoms with Gasteiger partial charge in [0, 0.05) is 29.4 Å². The average molecular weight is 314 g/mol. The van der Waals surface area contributed by atoms with E-state index in [1.807, 2.05) is 32.2 Å². The lowest BCUT2D eigenvalue weighted by atomic mass is 10.1. The molecule has 6 heteroatoms. The summed E-state index contributed by atoms with van der Waals surface area (Å²) in [4.78, 5) is 25.3. The fourth-order valence-electron chi connectivity index (χ4n) is 2.35. The zero-order valence-corrected chi connectivity index (χ0v) is 13.7. The van der Waals surface area contributed by atoms with Gasteiger partial charge in [0.2, 0.25) is 0 Å². The lowest BCUT2D eigenvalue weighted by Crippen LogP contribution is -2.16. The molecule has 3 heterocycles. The molecule has 0 aromatic carbocycles.